The molecule has 7 rings (SSSR count). The highest BCUT2D eigenvalue weighted by atomic mass is 16.5. The Hall–Kier alpha value is -3.85. The van der Waals surface area contributed by atoms with Crippen molar-refractivity contribution >= 4 is 33.8 Å². The minimum absolute atomic E-state index is 0.00938. The van der Waals surface area contributed by atoms with Crippen LogP contribution in [-0.2, 0) is 18.4 Å². The Kier molecular flexibility index (Phi) is 7.60. The van der Waals surface area contributed by atoms with Crippen LogP contribution >= 0.6 is 0 Å². The van der Waals surface area contributed by atoms with Gasteiger partial charge in [0.1, 0.15) is 11.3 Å². The molecule has 4 aromatic rings. The molecule has 2 N–H and O–H groups in total. The van der Waals surface area contributed by atoms with Crippen LogP contribution < -0.4 is 10.5 Å². The molecule has 2 amide bonds. The van der Waals surface area contributed by atoms with E-state index in [1.54, 1.807) is 14.0 Å². The second-order valence-corrected chi connectivity index (χ2v) is 13.2. The highest BCUT2D eigenvalue weighted by Crippen LogP contribution is 2.41. The fourth-order valence-electron chi connectivity index (χ4n) is 7.58. The molecule has 232 valence electrons. The SMILES string of the molecule is COc1cc(C(=O)N2CCC[C@@H](CN)C2)cc2nc(-c3cc4cccc(C5CCCN(C(C)=O)C5)c4n3CC3CC3)n(C)c12. The number of ether oxygens (including phenoxy) is 1. The van der Waals surface area contributed by atoms with Gasteiger partial charge in [0.2, 0.25) is 5.91 Å². The summed E-state index contributed by atoms with van der Waals surface area (Å²) in [6.07, 6.45) is 6.63. The second-order valence-electron chi connectivity index (χ2n) is 13.2. The van der Waals surface area contributed by atoms with E-state index in [0.29, 0.717) is 42.2 Å². The summed E-state index contributed by atoms with van der Waals surface area (Å²) in [5.74, 6) is 2.99. The van der Waals surface area contributed by atoms with Gasteiger partial charge in [-0.2, -0.15) is 0 Å². The Morgan fingerprint density at radius 1 is 0.977 bits per heavy atom. The molecular weight excluding hydrogens is 552 g/mol. The van der Waals surface area contributed by atoms with Gasteiger partial charge < -0.3 is 29.4 Å². The van der Waals surface area contributed by atoms with Crippen LogP contribution in [0, 0.1) is 11.8 Å². The maximum atomic E-state index is 13.7. The summed E-state index contributed by atoms with van der Waals surface area (Å²) in [6.45, 7) is 6.27. The molecule has 2 aliphatic heterocycles. The molecule has 1 unspecified atom stereocenters. The maximum absolute atomic E-state index is 13.7. The number of para-hydroxylation sites is 1. The first-order valence-corrected chi connectivity index (χ1v) is 16.3. The first-order valence-electron chi connectivity index (χ1n) is 16.3. The normalized spacial score (nSPS) is 20.9. The predicted molar refractivity (Wildman–Crippen MR) is 173 cm³/mol. The minimum Gasteiger partial charge on any atom is -0.494 e. The molecule has 9 heteroatoms. The quantitative estimate of drug-likeness (QED) is 0.318. The van der Waals surface area contributed by atoms with Crippen molar-refractivity contribution in [3.8, 4) is 17.3 Å². The smallest absolute Gasteiger partial charge is 0.254 e. The molecule has 44 heavy (non-hydrogen) atoms. The fourth-order valence-corrected chi connectivity index (χ4v) is 7.58. The number of fused-ring (bicyclic) bond motifs is 2. The van der Waals surface area contributed by atoms with Gasteiger partial charge in [-0.25, -0.2) is 4.98 Å². The van der Waals surface area contributed by atoms with Gasteiger partial charge in [-0.15, -0.1) is 0 Å². The molecule has 2 atom stereocenters. The summed E-state index contributed by atoms with van der Waals surface area (Å²) in [5, 5.41) is 1.20. The van der Waals surface area contributed by atoms with Crippen LogP contribution in [0.15, 0.2) is 36.4 Å². The third-order valence-corrected chi connectivity index (χ3v) is 10.2. The van der Waals surface area contributed by atoms with E-state index in [0.717, 1.165) is 74.4 Å². The Morgan fingerprint density at radius 2 is 1.77 bits per heavy atom. The Bertz CT molecular complexity index is 1730. The molecule has 0 bridgehead atoms. The van der Waals surface area contributed by atoms with Crippen LogP contribution in [0.4, 0.5) is 0 Å². The molecule has 9 nitrogen and oxygen atoms in total. The molecule has 2 aromatic heterocycles. The van der Waals surface area contributed by atoms with Crippen LogP contribution in [-0.4, -0.2) is 75.6 Å². The molecule has 0 spiro atoms. The summed E-state index contributed by atoms with van der Waals surface area (Å²) >= 11 is 0. The standard InChI is InChI=1S/C35H44N6O3/c1-22(42)39-13-6-9-26(21-39)28-10-4-8-25-16-30(41(32(25)28)20-23-11-12-23)34-37-29-15-27(17-31(44-3)33(29)38(34)2)35(43)40-14-5-7-24(18-36)19-40/h4,8,10,15-17,23-24,26H,5-7,9,11-14,18-21,36H2,1-3H3/t24-,26?/m0/s1. The minimum atomic E-state index is 0.00938. The summed E-state index contributed by atoms with van der Waals surface area (Å²) < 4.78 is 10.5. The van der Waals surface area contributed by atoms with Gasteiger partial charge in [0.15, 0.2) is 5.82 Å². The van der Waals surface area contributed by atoms with E-state index in [1.807, 2.05) is 29.0 Å². The number of amides is 2. The van der Waals surface area contributed by atoms with Gasteiger partial charge in [-0.05, 0) is 80.7 Å². The fraction of sp³-hybridized carbons (Fsp3) is 0.514. The average Bonchev–Trinajstić information content (AvgIpc) is 3.72. The van der Waals surface area contributed by atoms with Gasteiger partial charge in [-0.3, -0.25) is 9.59 Å². The van der Waals surface area contributed by atoms with Crippen molar-refractivity contribution in [3.63, 3.8) is 0 Å². The third-order valence-electron chi connectivity index (χ3n) is 10.2. The van der Waals surface area contributed by atoms with E-state index in [4.69, 9.17) is 15.5 Å². The van der Waals surface area contributed by atoms with Crippen molar-refractivity contribution in [1.29, 1.82) is 0 Å². The van der Waals surface area contributed by atoms with Crippen molar-refractivity contribution in [3.05, 3.63) is 47.5 Å². The van der Waals surface area contributed by atoms with E-state index in [9.17, 15) is 9.59 Å². The van der Waals surface area contributed by atoms with E-state index in [-0.39, 0.29) is 11.8 Å². The lowest BCUT2D eigenvalue weighted by molar-refractivity contribution is -0.130. The molecule has 3 aliphatic rings. The molecule has 3 fully saturated rings. The van der Waals surface area contributed by atoms with Gasteiger partial charge in [-0.1, -0.05) is 18.2 Å². The number of piperidine rings is 2. The van der Waals surface area contributed by atoms with Gasteiger partial charge in [0.25, 0.3) is 5.91 Å². The van der Waals surface area contributed by atoms with Crippen LogP contribution in [0.3, 0.4) is 0 Å². The van der Waals surface area contributed by atoms with Crippen LogP contribution in [0.25, 0.3) is 33.5 Å². The van der Waals surface area contributed by atoms with Crippen LogP contribution in [0.5, 0.6) is 5.75 Å². The maximum Gasteiger partial charge on any atom is 0.254 e. The molecule has 0 radical (unpaired) electrons. The number of carbonyl (C=O) groups is 2. The summed E-state index contributed by atoms with van der Waals surface area (Å²) in [4.78, 5) is 35.1. The number of aryl methyl sites for hydroxylation is 1. The number of benzene rings is 2. The van der Waals surface area contributed by atoms with Gasteiger partial charge in [0, 0.05) is 63.6 Å². The Labute approximate surface area is 258 Å². The highest BCUT2D eigenvalue weighted by Gasteiger charge is 2.31. The molecule has 4 heterocycles. The summed E-state index contributed by atoms with van der Waals surface area (Å²) in [5.41, 5.74) is 11.9. The lowest BCUT2D eigenvalue weighted by Crippen LogP contribution is -2.42. The lowest BCUT2D eigenvalue weighted by atomic mass is 9.89. The number of aromatic nitrogens is 3. The van der Waals surface area contributed by atoms with Crippen molar-refractivity contribution < 1.29 is 14.3 Å². The van der Waals surface area contributed by atoms with E-state index >= 15 is 0 Å². The number of hydrogen-bond acceptors (Lipinski definition) is 5. The van der Waals surface area contributed by atoms with Crippen molar-refractivity contribution in [1.82, 2.24) is 23.9 Å². The third kappa shape index (κ3) is 5.15. The van der Waals surface area contributed by atoms with E-state index in [1.165, 1.54) is 29.3 Å². The molecule has 2 saturated heterocycles. The Morgan fingerprint density at radius 3 is 2.52 bits per heavy atom. The molecule has 2 aromatic carbocycles. The van der Waals surface area contributed by atoms with E-state index in [2.05, 4.69) is 33.4 Å². The number of hydrogen-bond donors (Lipinski definition) is 1. The zero-order chi connectivity index (χ0) is 30.5. The first kappa shape index (κ1) is 28.9. The number of imidazole rings is 1. The molecule has 1 aliphatic carbocycles. The molecular formula is C35H44N6O3. The topological polar surface area (TPSA) is 98.6 Å². The summed E-state index contributed by atoms with van der Waals surface area (Å²) in [7, 11) is 3.70. The Balaban J connectivity index is 1.33. The largest absolute Gasteiger partial charge is 0.494 e. The zero-order valence-corrected chi connectivity index (χ0v) is 26.2. The number of rotatable bonds is 7. The lowest BCUT2D eigenvalue weighted by Gasteiger charge is -2.33. The second kappa shape index (κ2) is 11.6. The zero-order valence-electron chi connectivity index (χ0n) is 26.2. The van der Waals surface area contributed by atoms with Gasteiger partial charge in [0.05, 0.1) is 23.8 Å². The molecule has 1 saturated carbocycles. The number of carbonyl (C=O) groups excluding carboxylic acids is 2. The number of nitrogens with zero attached hydrogens (tertiary/aromatic N) is 5. The van der Waals surface area contributed by atoms with Gasteiger partial charge >= 0.3 is 0 Å². The van der Waals surface area contributed by atoms with Crippen molar-refractivity contribution in [2.24, 2.45) is 24.6 Å². The average molecular weight is 597 g/mol. The monoisotopic (exact) mass is 596 g/mol. The van der Waals surface area contributed by atoms with Crippen LogP contribution in [0.2, 0.25) is 0 Å². The number of nitrogens with two attached hydrogens (primary N) is 1. The highest BCUT2D eigenvalue weighted by molar-refractivity contribution is 6.00. The summed E-state index contributed by atoms with van der Waals surface area (Å²) in [6, 6.07) is 12.7. The van der Waals surface area contributed by atoms with Crippen LogP contribution in [0.1, 0.15) is 67.3 Å². The first-order chi connectivity index (χ1) is 21.4. The van der Waals surface area contributed by atoms with Crippen molar-refractivity contribution in [2.45, 2.75) is 57.9 Å². The number of likely N-dealkylation sites (tertiary alicyclic amines) is 2. The van der Waals surface area contributed by atoms with Crippen molar-refractivity contribution in [2.75, 3.05) is 39.8 Å². The van der Waals surface area contributed by atoms with E-state index < -0.39 is 0 Å². The number of methoxy groups -OCH3 is 1. The predicted octanol–water partition coefficient (Wildman–Crippen LogP) is 5.15.